The van der Waals surface area contributed by atoms with Crippen molar-refractivity contribution in [2.45, 2.75) is 32.4 Å². The number of aliphatic hydroxyl groups excluding tert-OH is 1. The van der Waals surface area contributed by atoms with Crippen molar-refractivity contribution in [1.29, 1.82) is 0 Å². The van der Waals surface area contributed by atoms with Crippen LogP contribution in [0.3, 0.4) is 0 Å². The highest BCUT2D eigenvalue weighted by Crippen LogP contribution is 2.25. The van der Waals surface area contributed by atoms with E-state index in [4.69, 9.17) is 11.6 Å². The van der Waals surface area contributed by atoms with Crippen LogP contribution in [0.2, 0.25) is 5.02 Å². The van der Waals surface area contributed by atoms with Crippen LogP contribution in [-0.4, -0.2) is 14.9 Å². The third-order valence-corrected chi connectivity index (χ3v) is 3.34. The van der Waals surface area contributed by atoms with Crippen molar-refractivity contribution in [2.24, 2.45) is 0 Å². The average Bonchev–Trinajstić information content (AvgIpc) is 2.83. The molecule has 1 N–H and O–H groups in total. The molecule has 0 amide bonds. The second-order valence-corrected chi connectivity index (χ2v) is 4.81. The zero-order valence-corrected chi connectivity index (χ0v) is 11.4. The highest BCUT2D eigenvalue weighted by Gasteiger charge is 2.17. The molecule has 5 heteroatoms. The zero-order valence-electron chi connectivity index (χ0n) is 10.7. The number of benzene rings is 1. The number of rotatable bonds is 5. The molecule has 0 spiro atoms. The first kappa shape index (κ1) is 14.0. The van der Waals surface area contributed by atoms with Gasteiger partial charge in [0.2, 0.25) is 0 Å². The maximum atomic E-state index is 13.7. The number of hydrogen-bond acceptors (Lipinski definition) is 2. The van der Waals surface area contributed by atoms with Crippen molar-refractivity contribution in [3.8, 4) is 0 Å². The Labute approximate surface area is 116 Å². The molecule has 3 nitrogen and oxygen atoms in total. The van der Waals surface area contributed by atoms with Crippen LogP contribution in [0.5, 0.6) is 0 Å². The molecule has 0 bridgehead atoms. The van der Waals surface area contributed by atoms with Gasteiger partial charge in [-0.05, 0) is 24.6 Å². The van der Waals surface area contributed by atoms with Crippen LogP contribution >= 0.6 is 11.6 Å². The third-order valence-electron chi connectivity index (χ3n) is 2.99. The number of aromatic nitrogens is 2. The van der Waals surface area contributed by atoms with Crippen molar-refractivity contribution in [1.82, 2.24) is 9.78 Å². The fourth-order valence-corrected chi connectivity index (χ4v) is 2.29. The number of aryl methyl sites for hydroxylation is 1. The molecule has 2 rings (SSSR count). The van der Waals surface area contributed by atoms with E-state index in [9.17, 15) is 9.50 Å². The topological polar surface area (TPSA) is 38.0 Å². The van der Waals surface area contributed by atoms with E-state index >= 15 is 0 Å². The lowest BCUT2D eigenvalue weighted by atomic mass is 10.0. The van der Waals surface area contributed by atoms with Crippen molar-refractivity contribution in [3.05, 3.63) is 52.6 Å². The van der Waals surface area contributed by atoms with E-state index in [1.165, 1.54) is 6.07 Å². The van der Waals surface area contributed by atoms with E-state index in [1.807, 2.05) is 6.92 Å². The van der Waals surface area contributed by atoms with Gasteiger partial charge in [0, 0.05) is 29.7 Å². The molecule has 0 aliphatic carbocycles. The molecule has 1 aromatic carbocycles. The number of hydrogen-bond donors (Lipinski definition) is 1. The second-order valence-electron chi connectivity index (χ2n) is 4.40. The Morgan fingerprint density at radius 1 is 1.42 bits per heavy atom. The fraction of sp³-hybridized carbons (Fsp3) is 0.357. The normalized spacial score (nSPS) is 12.6. The van der Waals surface area contributed by atoms with Crippen LogP contribution in [0.4, 0.5) is 4.39 Å². The smallest absolute Gasteiger partial charge is 0.127 e. The number of halogens is 2. The summed E-state index contributed by atoms with van der Waals surface area (Å²) < 4.78 is 15.4. The Bertz CT molecular complexity index is 536. The predicted molar refractivity (Wildman–Crippen MR) is 72.6 cm³/mol. The number of aliphatic hydroxyl groups is 1. The zero-order chi connectivity index (χ0) is 13.8. The largest absolute Gasteiger partial charge is 0.386 e. The Morgan fingerprint density at radius 3 is 2.89 bits per heavy atom. The summed E-state index contributed by atoms with van der Waals surface area (Å²) >= 11 is 5.96. The summed E-state index contributed by atoms with van der Waals surface area (Å²) in [6.07, 6.45) is 1.88. The van der Waals surface area contributed by atoms with E-state index in [2.05, 4.69) is 5.10 Å². The molecular formula is C14H16ClFN2O. The Morgan fingerprint density at radius 2 is 2.21 bits per heavy atom. The number of nitrogens with zero attached hydrogens (tertiary/aromatic N) is 2. The van der Waals surface area contributed by atoms with Gasteiger partial charge in [-0.1, -0.05) is 24.6 Å². The average molecular weight is 283 g/mol. The Balaban J connectivity index is 2.21. The Kier molecular flexibility index (Phi) is 4.56. The van der Waals surface area contributed by atoms with Gasteiger partial charge in [0.15, 0.2) is 0 Å². The summed E-state index contributed by atoms with van der Waals surface area (Å²) in [5.41, 5.74) is 1.02. The summed E-state index contributed by atoms with van der Waals surface area (Å²) in [6.45, 7) is 2.76. The van der Waals surface area contributed by atoms with Crippen molar-refractivity contribution >= 4 is 11.6 Å². The van der Waals surface area contributed by atoms with E-state index in [1.54, 1.807) is 29.1 Å². The maximum Gasteiger partial charge on any atom is 0.127 e. The second kappa shape index (κ2) is 6.17. The van der Waals surface area contributed by atoms with Gasteiger partial charge >= 0.3 is 0 Å². The summed E-state index contributed by atoms with van der Waals surface area (Å²) in [5, 5.41) is 14.7. The fourth-order valence-electron chi connectivity index (χ4n) is 2.05. The predicted octanol–water partition coefficient (Wildman–Crippen LogP) is 3.36. The van der Waals surface area contributed by atoms with E-state index in [-0.39, 0.29) is 6.42 Å². The summed E-state index contributed by atoms with van der Waals surface area (Å²) in [6, 6.07) is 6.26. The molecule has 0 saturated carbocycles. The summed E-state index contributed by atoms with van der Waals surface area (Å²) in [5.74, 6) is -0.395. The van der Waals surface area contributed by atoms with Gasteiger partial charge in [-0.15, -0.1) is 0 Å². The molecule has 19 heavy (non-hydrogen) atoms. The molecule has 1 heterocycles. The molecule has 102 valence electrons. The van der Waals surface area contributed by atoms with Gasteiger partial charge in [0.05, 0.1) is 11.8 Å². The molecule has 0 radical (unpaired) electrons. The van der Waals surface area contributed by atoms with Crippen molar-refractivity contribution < 1.29 is 9.50 Å². The van der Waals surface area contributed by atoms with Crippen LogP contribution in [0.15, 0.2) is 30.5 Å². The minimum atomic E-state index is -0.816. The van der Waals surface area contributed by atoms with Gasteiger partial charge in [-0.25, -0.2) is 4.39 Å². The molecule has 0 fully saturated rings. The van der Waals surface area contributed by atoms with Gasteiger partial charge < -0.3 is 5.11 Å². The van der Waals surface area contributed by atoms with Gasteiger partial charge in [-0.3, -0.25) is 4.68 Å². The first-order valence-electron chi connectivity index (χ1n) is 6.26. The van der Waals surface area contributed by atoms with Crippen molar-refractivity contribution in [2.75, 3.05) is 0 Å². The SMILES string of the molecule is CCCn1nccc1C(O)Cc1c(F)cccc1Cl. The first-order valence-corrected chi connectivity index (χ1v) is 6.64. The molecule has 2 aromatic rings. The molecule has 1 unspecified atom stereocenters. The third kappa shape index (κ3) is 3.14. The minimum Gasteiger partial charge on any atom is -0.386 e. The minimum absolute atomic E-state index is 0.140. The first-order chi connectivity index (χ1) is 9.13. The Hall–Kier alpha value is -1.39. The summed E-state index contributed by atoms with van der Waals surface area (Å²) in [7, 11) is 0. The lowest BCUT2D eigenvalue weighted by molar-refractivity contribution is 0.165. The lowest BCUT2D eigenvalue weighted by Crippen LogP contribution is -2.12. The van der Waals surface area contributed by atoms with E-state index < -0.39 is 11.9 Å². The summed E-state index contributed by atoms with van der Waals surface area (Å²) in [4.78, 5) is 0. The molecule has 0 aliphatic heterocycles. The maximum absolute atomic E-state index is 13.7. The van der Waals surface area contributed by atoms with E-state index in [0.29, 0.717) is 16.3 Å². The van der Waals surface area contributed by atoms with E-state index in [0.717, 1.165) is 13.0 Å². The molecule has 1 aromatic heterocycles. The standard InChI is InChI=1S/C14H16ClFN2O/c1-2-8-18-13(6-7-17-18)14(19)9-10-11(15)4-3-5-12(10)16/h3-7,14,19H,2,8-9H2,1H3. The highest BCUT2D eigenvalue weighted by atomic mass is 35.5. The van der Waals surface area contributed by atoms with Gasteiger partial charge in [-0.2, -0.15) is 5.10 Å². The van der Waals surface area contributed by atoms with Crippen molar-refractivity contribution in [3.63, 3.8) is 0 Å². The molecule has 0 aliphatic rings. The monoisotopic (exact) mass is 282 g/mol. The van der Waals surface area contributed by atoms with Crippen LogP contribution in [0.1, 0.15) is 30.7 Å². The highest BCUT2D eigenvalue weighted by molar-refractivity contribution is 6.31. The van der Waals surface area contributed by atoms with Crippen LogP contribution in [0, 0.1) is 5.82 Å². The van der Waals surface area contributed by atoms with Crippen LogP contribution in [-0.2, 0) is 13.0 Å². The van der Waals surface area contributed by atoms with Gasteiger partial charge in [0.1, 0.15) is 5.82 Å². The molecule has 0 saturated heterocycles. The van der Waals surface area contributed by atoms with Gasteiger partial charge in [0.25, 0.3) is 0 Å². The molecule has 1 atom stereocenters. The van der Waals surface area contributed by atoms with Crippen LogP contribution < -0.4 is 0 Å². The quantitative estimate of drug-likeness (QED) is 0.913. The van der Waals surface area contributed by atoms with Crippen LogP contribution in [0.25, 0.3) is 0 Å². The molecular weight excluding hydrogens is 267 g/mol. The lowest BCUT2D eigenvalue weighted by Gasteiger charge is -2.14.